The highest BCUT2D eigenvalue weighted by Gasteiger charge is 2.31. The largest absolute Gasteiger partial charge is 0.508 e. The maximum absolute atomic E-state index is 13.7. The number of carbonyl (C=O) groups is 2. The van der Waals surface area contributed by atoms with Crippen molar-refractivity contribution in [1.29, 1.82) is 0 Å². The molecule has 0 aliphatic carbocycles. The maximum atomic E-state index is 13.7. The fourth-order valence-electron chi connectivity index (χ4n) is 3.53. The predicted molar refractivity (Wildman–Crippen MR) is 131 cm³/mol. The second-order valence-electron chi connectivity index (χ2n) is 8.12. The summed E-state index contributed by atoms with van der Waals surface area (Å²) < 4.78 is 67.4. The summed E-state index contributed by atoms with van der Waals surface area (Å²) in [4.78, 5) is 34.7. The van der Waals surface area contributed by atoms with Crippen LogP contribution in [0, 0.1) is 6.92 Å². The Kier molecular flexibility index (Phi) is 9.31. The molecule has 3 aromatic rings. The number of imidazole rings is 1. The van der Waals surface area contributed by atoms with Crippen molar-refractivity contribution in [2.45, 2.75) is 37.4 Å². The van der Waals surface area contributed by atoms with Crippen molar-refractivity contribution in [2.24, 2.45) is 0 Å². The Labute approximate surface area is 219 Å². The molecular weight excluding hydrogens is 529 g/mol. The SMILES string of the molecule is CCOC(=O)OCCN(C)C(=O)n1c(S(=O)[C@H](C)c2nccc(OCC(F)(F)F)c2C)nc2ccccc21. The minimum atomic E-state index is -4.52. The van der Waals surface area contributed by atoms with E-state index in [0.29, 0.717) is 16.6 Å². The summed E-state index contributed by atoms with van der Waals surface area (Å²) in [5, 5.41) is -0.921. The summed E-state index contributed by atoms with van der Waals surface area (Å²) in [7, 11) is -0.476. The average molecular weight is 557 g/mol. The van der Waals surface area contributed by atoms with Gasteiger partial charge < -0.3 is 19.1 Å². The number of alkyl halides is 3. The Balaban J connectivity index is 1.90. The van der Waals surface area contributed by atoms with Gasteiger partial charge >= 0.3 is 18.4 Å². The van der Waals surface area contributed by atoms with Gasteiger partial charge in [0.25, 0.3) is 0 Å². The quantitative estimate of drug-likeness (QED) is 0.351. The molecule has 0 bridgehead atoms. The van der Waals surface area contributed by atoms with E-state index in [2.05, 4.69) is 9.97 Å². The van der Waals surface area contributed by atoms with Gasteiger partial charge in [0.15, 0.2) is 6.61 Å². The van der Waals surface area contributed by atoms with E-state index in [0.717, 1.165) is 0 Å². The lowest BCUT2D eigenvalue weighted by Crippen LogP contribution is -2.35. The molecule has 0 saturated carbocycles. The number of ether oxygens (including phenoxy) is 3. The monoisotopic (exact) mass is 556 g/mol. The normalized spacial score (nSPS) is 13.1. The number of hydrogen-bond acceptors (Lipinski definition) is 8. The second kappa shape index (κ2) is 12.2. The fraction of sp³-hybridized carbons (Fsp3) is 0.417. The minimum absolute atomic E-state index is 0.0189. The first-order valence-electron chi connectivity index (χ1n) is 11.5. The molecule has 0 fully saturated rings. The van der Waals surface area contributed by atoms with E-state index in [9.17, 15) is 27.0 Å². The molecule has 0 aliphatic heterocycles. The topological polar surface area (TPSA) is 113 Å². The number of halogens is 3. The first-order valence-corrected chi connectivity index (χ1v) is 12.7. The molecule has 0 saturated heterocycles. The Bertz CT molecular complexity index is 1330. The number of pyridine rings is 1. The van der Waals surface area contributed by atoms with E-state index in [1.807, 2.05) is 0 Å². The Morgan fingerprint density at radius 1 is 1.18 bits per heavy atom. The van der Waals surface area contributed by atoms with E-state index in [1.165, 1.54) is 35.7 Å². The molecule has 1 aromatic carbocycles. The number of benzene rings is 1. The van der Waals surface area contributed by atoms with Crippen LogP contribution >= 0.6 is 0 Å². The zero-order valence-electron chi connectivity index (χ0n) is 21.2. The van der Waals surface area contributed by atoms with Gasteiger partial charge in [-0.15, -0.1) is 0 Å². The Hall–Kier alpha value is -3.68. The number of rotatable bonds is 9. The molecule has 0 spiro atoms. The number of aromatic nitrogens is 3. The molecule has 10 nitrogen and oxygen atoms in total. The molecule has 0 radical (unpaired) electrons. The van der Waals surface area contributed by atoms with E-state index in [-0.39, 0.29) is 36.4 Å². The van der Waals surface area contributed by atoms with Crippen LogP contribution in [-0.4, -0.2) is 75.4 Å². The summed E-state index contributed by atoms with van der Waals surface area (Å²) in [6, 6.07) is 7.43. The molecule has 2 atom stereocenters. The average Bonchev–Trinajstić information content (AvgIpc) is 3.26. The lowest BCUT2D eigenvalue weighted by atomic mass is 10.1. The van der Waals surface area contributed by atoms with Crippen LogP contribution in [0.25, 0.3) is 11.0 Å². The first kappa shape index (κ1) is 28.9. The third-order valence-corrected chi connectivity index (χ3v) is 6.93. The number of carbonyl (C=O) groups excluding carboxylic acids is 2. The van der Waals surface area contributed by atoms with E-state index < -0.39 is 41.0 Å². The summed E-state index contributed by atoms with van der Waals surface area (Å²) >= 11 is 0. The standard InChI is InChI=1S/C24H27F3N4O6S/c1-5-35-23(33)36-13-12-30(4)22(32)31-18-9-7-6-8-17(18)29-21(31)38(34)16(3)20-15(2)19(10-11-28-20)37-14-24(25,26)27/h6-11,16H,5,12-14H2,1-4H3/t16-,38?/m1/s1. The van der Waals surface area contributed by atoms with Crippen molar-refractivity contribution < 1.29 is 41.2 Å². The molecule has 206 valence electrons. The van der Waals surface area contributed by atoms with Gasteiger partial charge in [-0.3, -0.25) is 9.19 Å². The number of likely N-dealkylation sites (N-methyl/N-ethyl adjacent to an activating group) is 1. The van der Waals surface area contributed by atoms with E-state index in [1.54, 1.807) is 38.1 Å². The molecule has 3 rings (SSSR count). The first-order chi connectivity index (χ1) is 17.9. The number of hydrogen-bond donors (Lipinski definition) is 0. The van der Waals surface area contributed by atoms with Crippen molar-refractivity contribution in [3.8, 4) is 5.75 Å². The van der Waals surface area contributed by atoms with Crippen LogP contribution < -0.4 is 4.74 Å². The molecular formula is C24H27F3N4O6S. The van der Waals surface area contributed by atoms with Crippen LogP contribution in [-0.2, 0) is 20.3 Å². The van der Waals surface area contributed by atoms with Gasteiger partial charge in [0, 0.05) is 18.8 Å². The van der Waals surface area contributed by atoms with Crippen molar-refractivity contribution >= 4 is 34.0 Å². The van der Waals surface area contributed by atoms with Crippen LogP contribution in [0.15, 0.2) is 41.7 Å². The van der Waals surface area contributed by atoms with Gasteiger partial charge in [0.2, 0.25) is 5.16 Å². The molecule has 38 heavy (non-hydrogen) atoms. The zero-order valence-corrected chi connectivity index (χ0v) is 22.0. The summed E-state index contributed by atoms with van der Waals surface area (Å²) in [5.74, 6) is -0.0397. The third kappa shape index (κ3) is 6.79. The van der Waals surface area contributed by atoms with Crippen LogP contribution in [0.1, 0.15) is 30.4 Å². The summed E-state index contributed by atoms with van der Waals surface area (Å²) in [6.45, 7) is 3.28. The van der Waals surface area contributed by atoms with Crippen LogP contribution in [0.3, 0.4) is 0 Å². The van der Waals surface area contributed by atoms with Gasteiger partial charge in [0.05, 0.1) is 45.9 Å². The van der Waals surface area contributed by atoms with E-state index in [4.69, 9.17) is 14.2 Å². The minimum Gasteiger partial charge on any atom is -0.484 e. The molecule has 2 aromatic heterocycles. The highest BCUT2D eigenvalue weighted by Crippen LogP contribution is 2.32. The number of amides is 1. The lowest BCUT2D eigenvalue weighted by molar-refractivity contribution is -0.153. The molecule has 0 N–H and O–H groups in total. The van der Waals surface area contributed by atoms with Crippen molar-refractivity contribution in [2.75, 3.05) is 33.4 Å². The van der Waals surface area contributed by atoms with Crippen molar-refractivity contribution in [3.63, 3.8) is 0 Å². The number of para-hydroxylation sites is 2. The summed E-state index contributed by atoms with van der Waals surface area (Å²) in [5.41, 5.74) is 1.35. The Morgan fingerprint density at radius 2 is 1.89 bits per heavy atom. The van der Waals surface area contributed by atoms with Gasteiger partial charge in [0.1, 0.15) is 12.4 Å². The van der Waals surface area contributed by atoms with Crippen molar-refractivity contribution in [3.05, 3.63) is 47.8 Å². The summed E-state index contributed by atoms with van der Waals surface area (Å²) in [6.07, 6.45) is -4.11. The lowest BCUT2D eigenvalue weighted by Gasteiger charge is -2.20. The maximum Gasteiger partial charge on any atom is 0.508 e. The number of fused-ring (bicyclic) bond motifs is 1. The van der Waals surface area contributed by atoms with Crippen LogP contribution in [0.4, 0.5) is 22.8 Å². The second-order valence-corrected chi connectivity index (χ2v) is 9.78. The van der Waals surface area contributed by atoms with Crippen molar-refractivity contribution in [1.82, 2.24) is 19.4 Å². The van der Waals surface area contributed by atoms with Gasteiger partial charge in [-0.05, 0) is 39.0 Å². The molecule has 1 unspecified atom stereocenters. The zero-order chi connectivity index (χ0) is 28.0. The van der Waals surface area contributed by atoms with Gasteiger partial charge in [-0.25, -0.2) is 19.1 Å². The van der Waals surface area contributed by atoms with Gasteiger partial charge in [-0.2, -0.15) is 13.2 Å². The molecule has 0 aliphatic rings. The number of nitrogens with zero attached hydrogens (tertiary/aromatic N) is 4. The molecule has 14 heteroatoms. The molecule has 2 heterocycles. The molecule has 1 amide bonds. The Morgan fingerprint density at radius 3 is 2.58 bits per heavy atom. The van der Waals surface area contributed by atoms with E-state index >= 15 is 0 Å². The smallest absolute Gasteiger partial charge is 0.484 e. The predicted octanol–water partition coefficient (Wildman–Crippen LogP) is 4.62. The van der Waals surface area contributed by atoms with Crippen LogP contribution in [0.2, 0.25) is 0 Å². The third-order valence-electron chi connectivity index (χ3n) is 5.43. The highest BCUT2D eigenvalue weighted by atomic mass is 32.2. The van der Waals surface area contributed by atoms with Crippen LogP contribution in [0.5, 0.6) is 5.75 Å². The van der Waals surface area contributed by atoms with Gasteiger partial charge in [-0.1, -0.05) is 12.1 Å². The highest BCUT2D eigenvalue weighted by molar-refractivity contribution is 7.85. The fourth-order valence-corrected chi connectivity index (χ4v) is 4.84.